The fraction of sp³-hybridized carbons (Fsp3) is 0.500. The summed E-state index contributed by atoms with van der Waals surface area (Å²) in [6.07, 6.45) is 1.48. The van der Waals surface area contributed by atoms with Crippen LogP contribution in [0.5, 0.6) is 0 Å². The van der Waals surface area contributed by atoms with Crippen molar-refractivity contribution in [1.29, 1.82) is 0 Å². The number of nitro groups is 1. The second-order valence-corrected chi connectivity index (χ2v) is 3.46. The highest BCUT2D eigenvalue weighted by atomic mass is 16.6. The molecule has 7 nitrogen and oxygen atoms in total. The molecule has 0 bridgehead atoms. The Bertz CT molecular complexity index is 384. The summed E-state index contributed by atoms with van der Waals surface area (Å²) in [5, 5.41) is 25.1. The molecule has 1 heterocycles. The molecule has 0 aliphatic rings. The van der Waals surface area contributed by atoms with E-state index in [4.69, 9.17) is 5.11 Å². The Morgan fingerprint density at radius 3 is 2.71 bits per heavy atom. The molecule has 0 fully saturated rings. The molecule has 94 valence electrons. The molecule has 1 aromatic rings. The maximum Gasteiger partial charge on any atom is 0.276 e. The third kappa shape index (κ3) is 4.23. The van der Waals surface area contributed by atoms with Crippen molar-refractivity contribution < 1.29 is 10.0 Å². The fourth-order valence-corrected chi connectivity index (χ4v) is 1.29. The lowest BCUT2D eigenvalue weighted by Gasteiger charge is -2.07. The van der Waals surface area contributed by atoms with Gasteiger partial charge in [0.15, 0.2) is 0 Å². The minimum atomic E-state index is -0.457. The molecule has 0 spiro atoms. The van der Waals surface area contributed by atoms with Crippen LogP contribution in [0.2, 0.25) is 0 Å². The van der Waals surface area contributed by atoms with Crippen molar-refractivity contribution >= 4 is 17.3 Å². The zero-order chi connectivity index (χ0) is 12.7. The van der Waals surface area contributed by atoms with Crippen molar-refractivity contribution in [2.24, 2.45) is 0 Å². The molecule has 0 aromatic carbocycles. The van der Waals surface area contributed by atoms with Gasteiger partial charge in [-0.3, -0.25) is 10.1 Å². The highest BCUT2D eigenvalue weighted by Gasteiger charge is 2.10. The van der Waals surface area contributed by atoms with Crippen LogP contribution < -0.4 is 10.6 Å². The third-order valence-corrected chi connectivity index (χ3v) is 2.17. The lowest BCUT2D eigenvalue weighted by molar-refractivity contribution is -0.384. The molecule has 0 aliphatic heterocycles. The molecule has 1 aromatic heterocycles. The van der Waals surface area contributed by atoms with Gasteiger partial charge in [0.2, 0.25) is 0 Å². The zero-order valence-corrected chi connectivity index (χ0v) is 9.64. The Morgan fingerprint density at radius 2 is 2.12 bits per heavy atom. The summed E-state index contributed by atoms with van der Waals surface area (Å²) in [6.45, 7) is 0.768. The maximum absolute atomic E-state index is 10.7. The van der Waals surface area contributed by atoms with Crippen LogP contribution in [-0.2, 0) is 0 Å². The SMILES string of the molecule is CNc1cc([N+](=O)[O-])cc(NCCCCO)n1. The van der Waals surface area contributed by atoms with Crippen molar-refractivity contribution in [2.45, 2.75) is 12.8 Å². The van der Waals surface area contributed by atoms with Crippen molar-refractivity contribution in [3.8, 4) is 0 Å². The molecule has 7 heteroatoms. The van der Waals surface area contributed by atoms with Gasteiger partial charge in [-0.2, -0.15) is 0 Å². The number of anilines is 2. The first kappa shape index (κ1) is 13.2. The Hall–Kier alpha value is -1.89. The van der Waals surface area contributed by atoms with Gasteiger partial charge < -0.3 is 15.7 Å². The number of aliphatic hydroxyl groups is 1. The van der Waals surface area contributed by atoms with E-state index in [-0.39, 0.29) is 12.3 Å². The Labute approximate surface area is 99.0 Å². The summed E-state index contributed by atoms with van der Waals surface area (Å²) in [7, 11) is 1.65. The molecule has 0 amide bonds. The van der Waals surface area contributed by atoms with Crippen LogP contribution in [0.15, 0.2) is 12.1 Å². The summed E-state index contributed by atoms with van der Waals surface area (Å²) in [4.78, 5) is 14.4. The van der Waals surface area contributed by atoms with Gasteiger partial charge in [-0.05, 0) is 12.8 Å². The molecule has 3 N–H and O–H groups in total. The van der Waals surface area contributed by atoms with Crippen molar-refractivity contribution in [2.75, 3.05) is 30.8 Å². The number of hydrogen-bond donors (Lipinski definition) is 3. The topological polar surface area (TPSA) is 100 Å². The molecule has 0 radical (unpaired) electrons. The molecular formula is C10H16N4O3. The number of hydrogen-bond acceptors (Lipinski definition) is 6. The van der Waals surface area contributed by atoms with Gasteiger partial charge in [0, 0.05) is 20.2 Å². The smallest absolute Gasteiger partial charge is 0.276 e. The summed E-state index contributed by atoms with van der Waals surface area (Å²) < 4.78 is 0. The second-order valence-electron chi connectivity index (χ2n) is 3.46. The molecule has 17 heavy (non-hydrogen) atoms. The van der Waals surface area contributed by atoms with E-state index in [1.807, 2.05) is 0 Å². The Morgan fingerprint density at radius 1 is 1.41 bits per heavy atom. The van der Waals surface area contributed by atoms with Crippen LogP contribution in [0.25, 0.3) is 0 Å². The predicted octanol–water partition coefficient (Wildman–Crippen LogP) is 1.22. The van der Waals surface area contributed by atoms with Crippen LogP contribution in [0.1, 0.15) is 12.8 Å². The van der Waals surface area contributed by atoms with Gasteiger partial charge in [0.05, 0.1) is 17.1 Å². The van der Waals surface area contributed by atoms with E-state index >= 15 is 0 Å². The molecule has 0 atom stereocenters. The number of aromatic nitrogens is 1. The van der Waals surface area contributed by atoms with Gasteiger partial charge in [0.25, 0.3) is 5.69 Å². The number of aliphatic hydroxyl groups excluding tert-OH is 1. The van der Waals surface area contributed by atoms with Crippen LogP contribution in [-0.4, -0.2) is 35.2 Å². The normalized spacial score (nSPS) is 10.0. The molecule has 0 unspecified atom stereocenters. The molecule has 1 rings (SSSR count). The van der Waals surface area contributed by atoms with Crippen LogP contribution in [0, 0.1) is 10.1 Å². The van der Waals surface area contributed by atoms with E-state index in [2.05, 4.69) is 15.6 Å². The summed E-state index contributed by atoms with van der Waals surface area (Å²) in [5.74, 6) is 0.908. The predicted molar refractivity (Wildman–Crippen MR) is 65.2 cm³/mol. The largest absolute Gasteiger partial charge is 0.396 e. The number of unbranched alkanes of at least 4 members (excludes halogenated alkanes) is 1. The van der Waals surface area contributed by atoms with Gasteiger partial charge in [-0.25, -0.2) is 4.98 Å². The first-order valence-electron chi connectivity index (χ1n) is 5.36. The maximum atomic E-state index is 10.7. The number of nitrogens with one attached hydrogen (secondary N) is 2. The highest BCUT2D eigenvalue weighted by Crippen LogP contribution is 2.20. The number of nitrogens with zero attached hydrogens (tertiary/aromatic N) is 2. The van der Waals surface area contributed by atoms with E-state index in [9.17, 15) is 10.1 Å². The van der Waals surface area contributed by atoms with Gasteiger partial charge >= 0.3 is 0 Å². The standard InChI is InChI=1S/C10H16N4O3/c1-11-9-6-8(14(16)17)7-10(13-9)12-4-2-3-5-15/h6-7,15H,2-5H2,1H3,(H2,11,12,13). The van der Waals surface area contributed by atoms with E-state index in [0.717, 1.165) is 6.42 Å². The lowest BCUT2D eigenvalue weighted by atomic mass is 10.3. The fourth-order valence-electron chi connectivity index (χ4n) is 1.29. The second kappa shape index (κ2) is 6.64. The summed E-state index contributed by atoms with van der Waals surface area (Å²) in [6, 6.07) is 2.76. The molecule has 0 saturated heterocycles. The average Bonchev–Trinajstić information content (AvgIpc) is 2.34. The monoisotopic (exact) mass is 240 g/mol. The van der Waals surface area contributed by atoms with Crippen LogP contribution in [0.3, 0.4) is 0 Å². The van der Waals surface area contributed by atoms with Gasteiger partial charge in [0.1, 0.15) is 11.6 Å². The van der Waals surface area contributed by atoms with E-state index in [0.29, 0.717) is 24.6 Å². The van der Waals surface area contributed by atoms with E-state index < -0.39 is 4.92 Å². The van der Waals surface area contributed by atoms with Crippen LogP contribution in [0.4, 0.5) is 17.3 Å². The first-order valence-corrected chi connectivity index (χ1v) is 5.36. The average molecular weight is 240 g/mol. The minimum absolute atomic E-state index is 0.00555. The summed E-state index contributed by atoms with van der Waals surface area (Å²) >= 11 is 0. The quantitative estimate of drug-likeness (QED) is 0.376. The lowest BCUT2D eigenvalue weighted by Crippen LogP contribution is -2.06. The number of pyridine rings is 1. The van der Waals surface area contributed by atoms with Crippen LogP contribution >= 0.6 is 0 Å². The van der Waals surface area contributed by atoms with Crippen molar-refractivity contribution in [1.82, 2.24) is 4.98 Å². The minimum Gasteiger partial charge on any atom is -0.396 e. The zero-order valence-electron chi connectivity index (χ0n) is 9.64. The highest BCUT2D eigenvalue weighted by molar-refractivity contribution is 5.54. The van der Waals surface area contributed by atoms with Gasteiger partial charge in [-0.1, -0.05) is 0 Å². The molecule has 0 saturated carbocycles. The Balaban J connectivity index is 2.70. The Kier molecular flexibility index (Phi) is 5.15. The third-order valence-electron chi connectivity index (χ3n) is 2.17. The van der Waals surface area contributed by atoms with Gasteiger partial charge in [-0.15, -0.1) is 0 Å². The molecular weight excluding hydrogens is 224 g/mol. The molecule has 0 aliphatic carbocycles. The van der Waals surface area contributed by atoms with Crippen molar-refractivity contribution in [3.05, 3.63) is 22.2 Å². The van der Waals surface area contributed by atoms with E-state index in [1.54, 1.807) is 7.05 Å². The van der Waals surface area contributed by atoms with Crippen molar-refractivity contribution in [3.63, 3.8) is 0 Å². The first-order chi connectivity index (χ1) is 8.17. The number of rotatable bonds is 7. The van der Waals surface area contributed by atoms with E-state index in [1.165, 1.54) is 12.1 Å². The summed E-state index contributed by atoms with van der Waals surface area (Å²) in [5.41, 5.74) is -0.00555.